The van der Waals surface area contributed by atoms with Crippen molar-refractivity contribution in [3.8, 4) is 16.9 Å². The molecule has 0 saturated carbocycles. The standard InChI is InChI=1S/C37H47F3N6O5/c1-3-4-16-43-36(41)44-34(47)32(51-35(48)37(38,39)40)23-29-13-14-30(28-11-6-5-7-12-28)31(33(29)50-22-9-21-49-2)26-46-19-17-45(18-20-46)25-27-10-8-15-42-24-27/h5-8,10-15,24,32H,3-4,9,16-23,25-26H2,1-2H3,(H3,41,43,44,47). The number of hydrogen-bond acceptors (Lipinski definition) is 9. The first-order chi connectivity index (χ1) is 24.6. The van der Waals surface area contributed by atoms with Crippen LogP contribution in [0.15, 0.2) is 72.0 Å². The maximum absolute atomic E-state index is 13.4. The summed E-state index contributed by atoms with van der Waals surface area (Å²) in [6.45, 7) is 7.33. The van der Waals surface area contributed by atoms with Gasteiger partial charge in [-0.05, 0) is 34.7 Å². The van der Waals surface area contributed by atoms with Crippen LogP contribution in [0.3, 0.4) is 0 Å². The molecule has 1 unspecified atom stereocenters. The maximum Gasteiger partial charge on any atom is 0.490 e. The monoisotopic (exact) mass is 712 g/mol. The van der Waals surface area contributed by atoms with Gasteiger partial charge in [-0.2, -0.15) is 13.2 Å². The number of rotatable bonds is 17. The number of hydrogen-bond donors (Lipinski definition) is 2. The molecule has 4 rings (SSSR count). The fourth-order valence-corrected chi connectivity index (χ4v) is 5.71. The van der Waals surface area contributed by atoms with Crippen LogP contribution in [-0.4, -0.2) is 97.9 Å². The van der Waals surface area contributed by atoms with Crippen molar-refractivity contribution in [2.24, 2.45) is 10.7 Å². The number of nitrogens with zero attached hydrogens (tertiary/aromatic N) is 4. The number of aliphatic imine (C=N–C) groups is 1. The number of esters is 1. The number of unbranched alkanes of at least 4 members (excludes halogenated alkanes) is 1. The summed E-state index contributed by atoms with van der Waals surface area (Å²) >= 11 is 0. The highest BCUT2D eigenvalue weighted by molar-refractivity contribution is 5.99. The van der Waals surface area contributed by atoms with Crippen LogP contribution in [-0.2, 0) is 38.6 Å². The zero-order valence-corrected chi connectivity index (χ0v) is 29.2. The Morgan fingerprint density at radius 2 is 1.71 bits per heavy atom. The number of guanidine groups is 1. The Balaban J connectivity index is 1.68. The lowest BCUT2D eigenvalue weighted by molar-refractivity contribution is -0.205. The summed E-state index contributed by atoms with van der Waals surface area (Å²) < 4.78 is 56.6. The van der Waals surface area contributed by atoms with Crippen molar-refractivity contribution in [2.45, 2.75) is 58.0 Å². The van der Waals surface area contributed by atoms with E-state index in [2.05, 4.69) is 31.2 Å². The summed E-state index contributed by atoms with van der Waals surface area (Å²) in [6, 6.07) is 17.2. The molecule has 0 radical (unpaired) electrons. The Hall–Kier alpha value is -4.53. The summed E-state index contributed by atoms with van der Waals surface area (Å²) in [6.07, 6.45) is -1.93. The summed E-state index contributed by atoms with van der Waals surface area (Å²) in [4.78, 5) is 38.3. The number of halogens is 3. The Bertz CT molecular complexity index is 1570. The van der Waals surface area contributed by atoms with Crippen molar-refractivity contribution in [3.63, 3.8) is 0 Å². The molecule has 51 heavy (non-hydrogen) atoms. The number of pyridine rings is 1. The van der Waals surface area contributed by atoms with Crippen LogP contribution in [0, 0.1) is 0 Å². The molecular formula is C37H47F3N6O5. The van der Waals surface area contributed by atoms with Crippen LogP contribution < -0.4 is 15.8 Å². The van der Waals surface area contributed by atoms with Gasteiger partial charge in [0.1, 0.15) is 5.75 Å². The van der Waals surface area contributed by atoms with E-state index in [9.17, 15) is 22.8 Å². The van der Waals surface area contributed by atoms with Gasteiger partial charge in [0.15, 0.2) is 12.1 Å². The first-order valence-electron chi connectivity index (χ1n) is 17.1. The van der Waals surface area contributed by atoms with Gasteiger partial charge in [-0.25, -0.2) is 4.79 Å². The first kappa shape index (κ1) is 39.3. The number of aromatic nitrogens is 1. The van der Waals surface area contributed by atoms with Gasteiger partial charge in [0.25, 0.3) is 5.91 Å². The van der Waals surface area contributed by atoms with Gasteiger partial charge in [0.2, 0.25) is 0 Å². The van der Waals surface area contributed by atoms with E-state index in [-0.39, 0.29) is 12.6 Å². The molecule has 2 aromatic carbocycles. The highest BCUT2D eigenvalue weighted by Crippen LogP contribution is 2.37. The number of carbonyl (C=O) groups excluding carboxylic acids is 2. The summed E-state index contributed by atoms with van der Waals surface area (Å²) in [5, 5.41) is 2.30. The van der Waals surface area contributed by atoms with E-state index in [1.807, 2.05) is 55.6 Å². The quantitative estimate of drug-likeness (QED) is 0.0883. The second kappa shape index (κ2) is 19.8. The fourth-order valence-electron chi connectivity index (χ4n) is 5.71. The van der Waals surface area contributed by atoms with Gasteiger partial charge in [-0.1, -0.05) is 61.9 Å². The molecular weight excluding hydrogens is 665 g/mol. The molecule has 1 aromatic heterocycles. The van der Waals surface area contributed by atoms with Crippen LogP contribution >= 0.6 is 0 Å². The molecule has 276 valence electrons. The van der Waals surface area contributed by atoms with Crippen LogP contribution in [0.4, 0.5) is 13.2 Å². The van der Waals surface area contributed by atoms with Crippen LogP contribution in [0.25, 0.3) is 11.1 Å². The SMILES string of the molecule is CCCCN=C(N)NC(=O)C(Cc1ccc(-c2ccccc2)c(CN2CCN(Cc3cccnc3)CC2)c1OCCCOC)OC(=O)C(F)(F)F. The summed E-state index contributed by atoms with van der Waals surface area (Å²) in [7, 11) is 1.58. The lowest BCUT2D eigenvalue weighted by Crippen LogP contribution is -2.46. The first-order valence-corrected chi connectivity index (χ1v) is 17.1. The Kier molecular flexibility index (Phi) is 15.2. The molecule has 1 amide bonds. The molecule has 0 spiro atoms. The molecule has 0 bridgehead atoms. The third-order valence-electron chi connectivity index (χ3n) is 8.37. The lowest BCUT2D eigenvalue weighted by Gasteiger charge is -2.35. The van der Waals surface area contributed by atoms with E-state index in [1.165, 1.54) is 0 Å². The number of methoxy groups -OCH3 is 1. The number of piperazine rings is 1. The molecule has 11 nitrogen and oxygen atoms in total. The highest BCUT2D eigenvalue weighted by Gasteiger charge is 2.43. The average molecular weight is 713 g/mol. The zero-order valence-electron chi connectivity index (χ0n) is 29.2. The topological polar surface area (TPSA) is 132 Å². The van der Waals surface area contributed by atoms with Crippen molar-refractivity contribution < 1.29 is 37.0 Å². The minimum Gasteiger partial charge on any atom is -0.493 e. The molecule has 3 N–H and O–H groups in total. The second-order valence-corrected chi connectivity index (χ2v) is 12.3. The Morgan fingerprint density at radius 1 is 0.980 bits per heavy atom. The molecule has 0 aliphatic carbocycles. The van der Waals surface area contributed by atoms with Gasteiger partial charge in [0.05, 0.1) is 6.61 Å². The molecule has 1 saturated heterocycles. The predicted molar refractivity (Wildman–Crippen MR) is 188 cm³/mol. The van der Waals surface area contributed by atoms with Crippen molar-refractivity contribution in [3.05, 3.63) is 83.7 Å². The molecule has 14 heteroatoms. The van der Waals surface area contributed by atoms with Crippen molar-refractivity contribution in [1.82, 2.24) is 20.1 Å². The van der Waals surface area contributed by atoms with Gasteiger partial charge < -0.3 is 19.9 Å². The molecule has 1 aliphatic heterocycles. The molecule has 2 heterocycles. The third kappa shape index (κ3) is 12.3. The molecule has 3 aromatic rings. The van der Waals surface area contributed by atoms with Crippen LogP contribution in [0.2, 0.25) is 0 Å². The Labute approximate surface area is 297 Å². The van der Waals surface area contributed by atoms with Crippen LogP contribution in [0.5, 0.6) is 5.75 Å². The summed E-state index contributed by atoms with van der Waals surface area (Å²) in [5.41, 5.74) is 9.99. The van der Waals surface area contributed by atoms with Gasteiger partial charge >= 0.3 is 12.1 Å². The molecule has 1 atom stereocenters. The number of carbonyl (C=O) groups is 2. The van der Waals surface area contributed by atoms with E-state index in [0.717, 1.165) is 61.4 Å². The van der Waals surface area contributed by atoms with Gasteiger partial charge in [0, 0.05) is 90.3 Å². The van der Waals surface area contributed by atoms with Crippen molar-refractivity contribution in [2.75, 3.05) is 53.0 Å². The minimum atomic E-state index is -5.32. The lowest BCUT2D eigenvalue weighted by atomic mass is 9.93. The summed E-state index contributed by atoms with van der Waals surface area (Å²) in [5.74, 6) is -3.39. The normalized spacial score (nSPS) is 15.0. The van der Waals surface area contributed by atoms with E-state index in [4.69, 9.17) is 19.9 Å². The van der Waals surface area contributed by atoms with Gasteiger partial charge in [-0.3, -0.25) is 29.9 Å². The predicted octanol–water partition coefficient (Wildman–Crippen LogP) is 4.73. The van der Waals surface area contributed by atoms with Crippen molar-refractivity contribution in [1.29, 1.82) is 0 Å². The smallest absolute Gasteiger partial charge is 0.490 e. The third-order valence-corrected chi connectivity index (χ3v) is 8.37. The number of amides is 1. The van der Waals surface area contributed by atoms with E-state index >= 15 is 0 Å². The van der Waals surface area contributed by atoms with E-state index in [0.29, 0.717) is 43.9 Å². The molecule has 1 fully saturated rings. The highest BCUT2D eigenvalue weighted by atomic mass is 19.4. The van der Waals surface area contributed by atoms with Crippen LogP contribution in [0.1, 0.15) is 42.9 Å². The average Bonchev–Trinajstić information content (AvgIpc) is 3.12. The second-order valence-electron chi connectivity index (χ2n) is 12.3. The number of alkyl halides is 3. The number of benzene rings is 2. The number of nitrogens with two attached hydrogens (primary N) is 1. The van der Waals surface area contributed by atoms with Crippen molar-refractivity contribution >= 4 is 17.8 Å². The van der Waals surface area contributed by atoms with Gasteiger partial charge in [-0.15, -0.1) is 0 Å². The fraction of sp³-hybridized carbons (Fsp3) is 0.459. The Morgan fingerprint density at radius 3 is 2.35 bits per heavy atom. The van der Waals surface area contributed by atoms with E-state index < -0.39 is 30.6 Å². The number of ether oxygens (including phenoxy) is 3. The largest absolute Gasteiger partial charge is 0.493 e. The molecule has 1 aliphatic rings. The number of nitrogens with one attached hydrogen (secondary N) is 1. The zero-order chi connectivity index (χ0) is 36.6. The minimum absolute atomic E-state index is 0.237. The maximum atomic E-state index is 13.4. The van der Waals surface area contributed by atoms with E-state index in [1.54, 1.807) is 19.4 Å².